The maximum atomic E-state index is 12.0. The van der Waals surface area contributed by atoms with E-state index in [1.165, 1.54) is 0 Å². The van der Waals surface area contributed by atoms with Crippen LogP contribution in [-0.2, 0) is 6.42 Å². The zero-order valence-electron chi connectivity index (χ0n) is 11.7. The van der Waals surface area contributed by atoms with Crippen LogP contribution < -0.4 is 5.32 Å². The fourth-order valence-electron chi connectivity index (χ4n) is 2.08. The minimum atomic E-state index is -0.252. The van der Waals surface area contributed by atoms with Gasteiger partial charge in [0, 0.05) is 30.4 Å². The molecular weight excluding hydrogens is 302 g/mol. The first-order valence-corrected chi connectivity index (χ1v) is 7.22. The van der Waals surface area contributed by atoms with Gasteiger partial charge in [0.2, 0.25) is 0 Å². The Bertz CT molecular complexity index is 765. The summed E-state index contributed by atoms with van der Waals surface area (Å²) >= 11 is 6.12. The van der Waals surface area contributed by atoms with Crippen molar-refractivity contribution in [3.05, 3.63) is 65.4 Å². The van der Waals surface area contributed by atoms with E-state index in [0.717, 1.165) is 11.3 Å². The first-order chi connectivity index (χ1) is 10.7. The van der Waals surface area contributed by atoms with E-state index in [4.69, 9.17) is 16.0 Å². The molecule has 0 fully saturated rings. The van der Waals surface area contributed by atoms with E-state index in [-0.39, 0.29) is 11.7 Å². The lowest BCUT2D eigenvalue weighted by molar-refractivity contribution is 0.0927. The second-order valence-corrected chi connectivity index (χ2v) is 5.13. The number of nitrogens with one attached hydrogen (secondary N) is 2. The minimum absolute atomic E-state index is 0.252. The first kappa shape index (κ1) is 14.4. The Balaban J connectivity index is 1.63. The molecule has 0 aliphatic heterocycles. The molecule has 0 bridgehead atoms. The molecular formula is C16H14ClN3O2. The number of aromatic amines is 1. The highest BCUT2D eigenvalue weighted by molar-refractivity contribution is 6.33. The zero-order chi connectivity index (χ0) is 15.4. The summed E-state index contributed by atoms with van der Waals surface area (Å²) < 4.78 is 5.58. The first-order valence-electron chi connectivity index (χ1n) is 6.84. The third-order valence-corrected chi connectivity index (χ3v) is 3.53. The summed E-state index contributed by atoms with van der Waals surface area (Å²) in [6.07, 6.45) is 4.03. The summed E-state index contributed by atoms with van der Waals surface area (Å²) in [5, 5.41) is 3.39. The molecule has 112 valence electrons. The quantitative estimate of drug-likeness (QED) is 0.759. The van der Waals surface area contributed by atoms with Crippen LogP contribution >= 0.6 is 11.6 Å². The Morgan fingerprint density at radius 1 is 1.27 bits per heavy atom. The number of hydrogen-bond donors (Lipinski definition) is 2. The van der Waals surface area contributed by atoms with Gasteiger partial charge in [-0.1, -0.05) is 23.7 Å². The number of halogens is 1. The maximum absolute atomic E-state index is 12.0. The normalized spacial score (nSPS) is 10.6. The van der Waals surface area contributed by atoms with E-state index in [0.29, 0.717) is 23.7 Å². The third kappa shape index (κ3) is 3.20. The average molecular weight is 316 g/mol. The molecule has 0 saturated heterocycles. The van der Waals surface area contributed by atoms with Crippen molar-refractivity contribution in [2.45, 2.75) is 6.42 Å². The van der Waals surface area contributed by atoms with Crippen LogP contribution in [-0.4, -0.2) is 22.4 Å². The largest absolute Gasteiger partial charge is 0.451 e. The number of carbonyl (C=O) groups is 1. The van der Waals surface area contributed by atoms with E-state index < -0.39 is 0 Å². The van der Waals surface area contributed by atoms with Gasteiger partial charge >= 0.3 is 0 Å². The van der Waals surface area contributed by atoms with Gasteiger partial charge in [-0.05, 0) is 24.3 Å². The predicted octanol–water partition coefficient (Wildman–Crippen LogP) is 3.30. The molecule has 2 N–H and O–H groups in total. The number of benzene rings is 1. The van der Waals surface area contributed by atoms with Gasteiger partial charge in [-0.15, -0.1) is 0 Å². The molecule has 3 aromatic rings. The van der Waals surface area contributed by atoms with E-state index in [1.807, 2.05) is 18.2 Å². The van der Waals surface area contributed by atoms with Crippen molar-refractivity contribution in [3.63, 3.8) is 0 Å². The van der Waals surface area contributed by atoms with Crippen LogP contribution in [0, 0.1) is 0 Å². The van der Waals surface area contributed by atoms with Gasteiger partial charge in [0.05, 0.1) is 11.3 Å². The van der Waals surface area contributed by atoms with Crippen molar-refractivity contribution in [1.29, 1.82) is 0 Å². The molecule has 5 nitrogen and oxygen atoms in total. The summed E-state index contributed by atoms with van der Waals surface area (Å²) in [5.74, 6) is 0.585. The number of rotatable bonds is 5. The number of furan rings is 1. The summed E-state index contributed by atoms with van der Waals surface area (Å²) in [4.78, 5) is 18.9. The van der Waals surface area contributed by atoms with E-state index in [2.05, 4.69) is 15.3 Å². The Morgan fingerprint density at radius 3 is 2.91 bits per heavy atom. The van der Waals surface area contributed by atoms with Crippen molar-refractivity contribution < 1.29 is 9.21 Å². The molecule has 0 atom stereocenters. The molecule has 3 rings (SSSR count). The van der Waals surface area contributed by atoms with Crippen LogP contribution in [0.2, 0.25) is 5.02 Å². The number of aromatic nitrogens is 2. The lowest BCUT2D eigenvalue weighted by atomic mass is 10.2. The van der Waals surface area contributed by atoms with Gasteiger partial charge in [0.15, 0.2) is 5.76 Å². The average Bonchev–Trinajstić information content (AvgIpc) is 3.19. The highest BCUT2D eigenvalue weighted by Crippen LogP contribution is 2.28. The van der Waals surface area contributed by atoms with Crippen LogP contribution in [0.3, 0.4) is 0 Å². The van der Waals surface area contributed by atoms with Crippen molar-refractivity contribution in [3.8, 4) is 11.3 Å². The number of H-pyrrole nitrogens is 1. The van der Waals surface area contributed by atoms with Crippen molar-refractivity contribution in [2.75, 3.05) is 6.54 Å². The monoisotopic (exact) mass is 315 g/mol. The van der Waals surface area contributed by atoms with Crippen LogP contribution in [0.5, 0.6) is 0 Å². The Kier molecular flexibility index (Phi) is 4.25. The molecule has 0 saturated carbocycles. The molecule has 0 aliphatic carbocycles. The number of amides is 1. The van der Waals surface area contributed by atoms with Crippen LogP contribution in [0.1, 0.15) is 16.2 Å². The second-order valence-electron chi connectivity index (χ2n) is 4.73. The molecule has 0 spiro atoms. The fraction of sp³-hybridized carbons (Fsp3) is 0.125. The number of carbonyl (C=O) groups excluding carboxylic acids is 1. The van der Waals surface area contributed by atoms with Gasteiger partial charge < -0.3 is 14.7 Å². The molecule has 6 heteroatoms. The zero-order valence-corrected chi connectivity index (χ0v) is 12.4. The molecule has 1 aromatic carbocycles. The van der Waals surface area contributed by atoms with E-state index in [1.54, 1.807) is 30.7 Å². The van der Waals surface area contributed by atoms with Gasteiger partial charge in [-0.3, -0.25) is 4.79 Å². The van der Waals surface area contributed by atoms with Gasteiger partial charge in [-0.2, -0.15) is 0 Å². The maximum Gasteiger partial charge on any atom is 0.287 e. The van der Waals surface area contributed by atoms with Gasteiger partial charge in [-0.25, -0.2) is 4.98 Å². The van der Waals surface area contributed by atoms with E-state index >= 15 is 0 Å². The number of nitrogens with zero attached hydrogens (tertiary/aromatic N) is 1. The Labute approximate surface area is 132 Å². The Hall–Kier alpha value is -2.53. The summed E-state index contributed by atoms with van der Waals surface area (Å²) in [5.41, 5.74) is 1.73. The van der Waals surface area contributed by atoms with Gasteiger partial charge in [0.25, 0.3) is 5.91 Å². The molecule has 2 aromatic heterocycles. The van der Waals surface area contributed by atoms with Crippen LogP contribution in [0.4, 0.5) is 0 Å². The molecule has 0 radical (unpaired) electrons. The van der Waals surface area contributed by atoms with E-state index in [9.17, 15) is 4.79 Å². The predicted molar refractivity (Wildman–Crippen MR) is 83.8 cm³/mol. The van der Waals surface area contributed by atoms with Crippen molar-refractivity contribution in [1.82, 2.24) is 15.3 Å². The molecule has 22 heavy (non-hydrogen) atoms. The highest BCUT2D eigenvalue weighted by Gasteiger charge is 2.13. The topological polar surface area (TPSA) is 70.9 Å². The van der Waals surface area contributed by atoms with Gasteiger partial charge in [0.1, 0.15) is 5.76 Å². The molecule has 2 heterocycles. The summed E-state index contributed by atoms with van der Waals surface area (Å²) in [6.45, 7) is 0.503. The summed E-state index contributed by atoms with van der Waals surface area (Å²) in [7, 11) is 0. The lowest BCUT2D eigenvalue weighted by Gasteiger charge is -2.02. The number of hydrogen-bond acceptors (Lipinski definition) is 3. The van der Waals surface area contributed by atoms with Crippen molar-refractivity contribution in [2.24, 2.45) is 0 Å². The SMILES string of the molecule is O=C(NCCc1cnc[nH]1)c1ccc(-c2ccccc2Cl)o1. The lowest BCUT2D eigenvalue weighted by Crippen LogP contribution is -2.25. The van der Waals surface area contributed by atoms with Crippen molar-refractivity contribution >= 4 is 17.5 Å². The van der Waals surface area contributed by atoms with Crippen LogP contribution in [0.25, 0.3) is 11.3 Å². The molecule has 0 aliphatic rings. The third-order valence-electron chi connectivity index (χ3n) is 3.20. The fourth-order valence-corrected chi connectivity index (χ4v) is 2.31. The second kappa shape index (κ2) is 6.49. The van der Waals surface area contributed by atoms with Crippen LogP contribution in [0.15, 0.2) is 53.3 Å². The summed E-state index contributed by atoms with van der Waals surface area (Å²) in [6, 6.07) is 10.7. The molecule has 0 unspecified atom stereocenters. The highest BCUT2D eigenvalue weighted by atomic mass is 35.5. The Morgan fingerprint density at radius 2 is 2.14 bits per heavy atom. The minimum Gasteiger partial charge on any atom is -0.451 e. The standard InChI is InChI=1S/C16H14ClN3O2/c17-13-4-2-1-3-12(13)14-5-6-15(22-14)16(21)19-8-7-11-9-18-10-20-11/h1-6,9-10H,7-8H2,(H,18,20)(H,19,21). The number of imidazole rings is 1. The smallest absolute Gasteiger partial charge is 0.287 e. The molecule has 1 amide bonds.